The summed E-state index contributed by atoms with van der Waals surface area (Å²) in [6.07, 6.45) is 3.38. The van der Waals surface area contributed by atoms with Crippen molar-refractivity contribution in [1.29, 1.82) is 5.26 Å². The molecule has 2 aliphatic carbocycles. The van der Waals surface area contributed by atoms with Gasteiger partial charge in [0, 0.05) is 18.0 Å². The third kappa shape index (κ3) is 4.60. The van der Waals surface area contributed by atoms with E-state index in [9.17, 15) is 5.26 Å². The molecule has 4 heteroatoms. The number of nitriles is 1. The highest BCUT2D eigenvalue weighted by Crippen LogP contribution is 2.63. The maximum atomic E-state index is 9.40. The second-order valence-electron chi connectivity index (χ2n) is 13.6. The number of nitrogens with zero attached hydrogens (tertiary/aromatic N) is 4. The van der Waals surface area contributed by atoms with Crippen LogP contribution >= 0.6 is 0 Å². The van der Waals surface area contributed by atoms with Gasteiger partial charge < -0.3 is 0 Å². The van der Waals surface area contributed by atoms with E-state index < -0.39 is 5.41 Å². The average Bonchev–Trinajstić information content (AvgIpc) is 3.70. The predicted octanol–water partition coefficient (Wildman–Crippen LogP) is 11.9. The Morgan fingerprint density at radius 2 is 0.906 bits per heavy atom. The Hall–Kier alpha value is -7.40. The highest BCUT2D eigenvalue weighted by molar-refractivity contribution is 5.97. The summed E-state index contributed by atoms with van der Waals surface area (Å²) in [6.45, 7) is 7.40. The Bertz CT molecular complexity index is 2660. The molecule has 0 saturated carbocycles. The molecule has 0 amide bonds. The van der Waals surface area contributed by atoms with Crippen LogP contribution in [0.1, 0.15) is 27.8 Å². The first-order valence-electron chi connectivity index (χ1n) is 17.6. The van der Waals surface area contributed by atoms with E-state index in [4.69, 9.17) is 6.57 Å². The fourth-order valence-corrected chi connectivity index (χ4v) is 8.48. The highest BCUT2D eigenvalue weighted by Gasteiger charge is 2.51. The number of aromatic nitrogens is 2. The predicted molar refractivity (Wildman–Crippen MR) is 211 cm³/mol. The number of benzene rings is 6. The minimum Gasteiger partial charge on any atom is -0.259 e. The van der Waals surface area contributed by atoms with Gasteiger partial charge in [0.2, 0.25) is 0 Å². The molecule has 8 aromatic rings. The van der Waals surface area contributed by atoms with Crippen molar-refractivity contribution in [3.05, 3.63) is 209 Å². The normalized spacial score (nSPS) is 12.6. The molecule has 53 heavy (non-hydrogen) atoms. The van der Waals surface area contributed by atoms with Crippen LogP contribution in [0.2, 0.25) is 0 Å². The largest absolute Gasteiger partial charge is 0.259 e. The summed E-state index contributed by atoms with van der Waals surface area (Å²) in [5.41, 5.74) is 19.0. The van der Waals surface area contributed by atoms with E-state index in [0.717, 1.165) is 44.8 Å². The lowest BCUT2D eigenvalue weighted by Gasteiger charge is -2.30. The number of fused-ring (bicyclic) bond motifs is 10. The fraction of sp³-hybridized carbons (Fsp3) is 0.0204. The minimum absolute atomic E-state index is 0.431. The van der Waals surface area contributed by atoms with Crippen LogP contribution in [0.15, 0.2) is 170 Å². The molecule has 244 valence electrons. The number of hydrogen-bond acceptors (Lipinski definition) is 3. The first-order chi connectivity index (χ1) is 26.1. The fourth-order valence-electron chi connectivity index (χ4n) is 8.48. The average molecular weight is 673 g/mol. The molecule has 0 radical (unpaired) electrons. The Balaban J connectivity index is 1.13. The van der Waals surface area contributed by atoms with Crippen molar-refractivity contribution in [2.24, 2.45) is 0 Å². The van der Waals surface area contributed by atoms with Crippen LogP contribution in [0.4, 0.5) is 5.69 Å². The molecule has 0 atom stereocenters. The smallest absolute Gasteiger partial charge is 0.190 e. The molecule has 10 rings (SSSR count). The summed E-state index contributed by atoms with van der Waals surface area (Å²) in [5.74, 6) is 0. The Kier molecular flexibility index (Phi) is 6.80. The first kappa shape index (κ1) is 30.4. The van der Waals surface area contributed by atoms with Crippen molar-refractivity contribution in [2.75, 3.05) is 0 Å². The third-order valence-electron chi connectivity index (χ3n) is 10.9. The summed E-state index contributed by atoms with van der Waals surface area (Å²) in [4.78, 5) is 12.6. The zero-order valence-corrected chi connectivity index (χ0v) is 28.5. The van der Waals surface area contributed by atoms with Crippen molar-refractivity contribution in [2.45, 2.75) is 5.41 Å². The van der Waals surface area contributed by atoms with E-state index in [2.05, 4.69) is 154 Å². The van der Waals surface area contributed by atoms with Crippen LogP contribution in [0.5, 0.6) is 0 Å². The van der Waals surface area contributed by atoms with Gasteiger partial charge in [-0.3, -0.25) is 9.97 Å². The van der Waals surface area contributed by atoms with Crippen LogP contribution in [0.25, 0.3) is 71.9 Å². The van der Waals surface area contributed by atoms with Crippen molar-refractivity contribution >= 4 is 5.69 Å². The zero-order valence-electron chi connectivity index (χ0n) is 28.5. The van der Waals surface area contributed by atoms with E-state index in [1.807, 2.05) is 12.1 Å². The molecule has 2 aromatic heterocycles. The summed E-state index contributed by atoms with van der Waals surface area (Å²) in [6, 6.07) is 57.9. The summed E-state index contributed by atoms with van der Waals surface area (Å²) >= 11 is 0. The summed E-state index contributed by atoms with van der Waals surface area (Å²) < 4.78 is 0. The quantitative estimate of drug-likeness (QED) is 0.175. The van der Waals surface area contributed by atoms with Gasteiger partial charge in [0.1, 0.15) is 0 Å². The van der Waals surface area contributed by atoms with Gasteiger partial charge in [-0.2, -0.15) is 5.26 Å². The van der Waals surface area contributed by atoms with E-state index in [1.54, 1.807) is 24.5 Å². The molecular formula is C49H28N4. The molecule has 1 spiro atoms. The summed E-state index contributed by atoms with van der Waals surface area (Å²) in [7, 11) is 0. The van der Waals surface area contributed by atoms with Crippen molar-refractivity contribution in [3.8, 4) is 73.1 Å². The van der Waals surface area contributed by atoms with Crippen LogP contribution in [-0.2, 0) is 5.41 Å². The molecule has 0 N–H and O–H groups in total. The van der Waals surface area contributed by atoms with Crippen molar-refractivity contribution in [1.82, 2.24) is 9.97 Å². The molecule has 0 aliphatic heterocycles. The lowest BCUT2D eigenvalue weighted by Crippen LogP contribution is -2.25. The minimum atomic E-state index is -0.431. The maximum Gasteiger partial charge on any atom is 0.190 e. The SMILES string of the molecule is [C-]#[N+]c1ccnc(-c2ccc(-c3ccc4c(c3)-c3cc(-c5ccc(-c6cc(C#N)ccn6)cc5)ccc3C43c4ccccc4-c4ccccc43)cc2)c1. The summed E-state index contributed by atoms with van der Waals surface area (Å²) in [5, 5.41) is 9.40. The molecule has 2 aliphatic rings. The van der Waals surface area contributed by atoms with Gasteiger partial charge in [0.25, 0.3) is 0 Å². The van der Waals surface area contributed by atoms with Crippen LogP contribution < -0.4 is 0 Å². The molecule has 0 unspecified atom stereocenters. The van der Waals surface area contributed by atoms with Gasteiger partial charge in [-0.15, -0.1) is 0 Å². The molecular weight excluding hydrogens is 645 g/mol. The molecule has 0 fully saturated rings. The molecule has 2 heterocycles. The number of hydrogen-bond donors (Lipinski definition) is 0. The van der Waals surface area contributed by atoms with Gasteiger partial charge in [0.15, 0.2) is 5.69 Å². The number of pyridine rings is 2. The van der Waals surface area contributed by atoms with E-state index >= 15 is 0 Å². The molecule has 6 aromatic carbocycles. The van der Waals surface area contributed by atoms with Crippen LogP contribution in [0.3, 0.4) is 0 Å². The Morgan fingerprint density at radius 3 is 1.43 bits per heavy atom. The van der Waals surface area contributed by atoms with Gasteiger partial charge in [-0.25, -0.2) is 4.85 Å². The molecule has 0 saturated heterocycles. The highest BCUT2D eigenvalue weighted by atomic mass is 14.7. The van der Waals surface area contributed by atoms with Crippen LogP contribution in [0, 0.1) is 17.9 Å². The lowest BCUT2D eigenvalue weighted by atomic mass is 9.70. The second kappa shape index (κ2) is 11.8. The van der Waals surface area contributed by atoms with Crippen molar-refractivity contribution < 1.29 is 0 Å². The lowest BCUT2D eigenvalue weighted by molar-refractivity contribution is 0.794. The number of rotatable bonds is 4. The van der Waals surface area contributed by atoms with E-state index in [0.29, 0.717) is 11.3 Å². The first-order valence-corrected chi connectivity index (χ1v) is 17.6. The topological polar surface area (TPSA) is 53.9 Å². The Morgan fingerprint density at radius 1 is 0.453 bits per heavy atom. The van der Waals surface area contributed by atoms with Gasteiger partial charge in [-0.1, -0.05) is 121 Å². The van der Waals surface area contributed by atoms with Gasteiger partial charge in [0.05, 0.1) is 35.0 Å². The van der Waals surface area contributed by atoms with Crippen LogP contribution in [-0.4, -0.2) is 9.97 Å². The zero-order chi connectivity index (χ0) is 35.5. The second-order valence-corrected chi connectivity index (χ2v) is 13.6. The molecule has 4 nitrogen and oxygen atoms in total. The molecule has 0 bridgehead atoms. The van der Waals surface area contributed by atoms with E-state index in [-0.39, 0.29) is 0 Å². The Labute approximate surface area is 307 Å². The monoisotopic (exact) mass is 672 g/mol. The third-order valence-corrected chi connectivity index (χ3v) is 10.9. The van der Waals surface area contributed by atoms with Gasteiger partial charge >= 0.3 is 0 Å². The van der Waals surface area contributed by atoms with E-state index in [1.165, 1.54) is 44.5 Å². The maximum absolute atomic E-state index is 9.40. The van der Waals surface area contributed by atoms with Gasteiger partial charge in [-0.05, 0) is 109 Å². The standard InChI is InChI=1S/C49H28N4/c1-51-38-23-25-53-48(29-38)35-16-12-33(13-17-35)37-19-21-46-42(28-37)41-27-36(32-10-14-34(15-11-32)47-26-31(30-50)22-24-52-47)18-20-45(41)49(46)43-8-4-2-6-39(43)40-7-3-5-9-44(40)49/h2-29H. The van der Waals surface area contributed by atoms with Crippen molar-refractivity contribution in [3.63, 3.8) is 0 Å².